The van der Waals surface area contributed by atoms with Gasteiger partial charge >= 0.3 is 6.09 Å². The van der Waals surface area contributed by atoms with E-state index < -0.39 is 0 Å². The molecule has 1 heterocycles. The van der Waals surface area contributed by atoms with E-state index in [2.05, 4.69) is 12.2 Å². The molecule has 1 aliphatic heterocycles. The topological polar surface area (TPSA) is 41.6 Å². The molecule has 0 aromatic heterocycles. The Morgan fingerprint density at radius 2 is 2.05 bits per heavy atom. The molecule has 2 rings (SSSR count). The molecule has 1 fully saturated rings. The van der Waals surface area contributed by atoms with Crippen LogP contribution in [0, 0.1) is 0 Å². The number of hydrogen-bond donors (Lipinski definition) is 1. The summed E-state index contributed by atoms with van der Waals surface area (Å²) in [5.74, 6) is 0. The molecule has 22 heavy (non-hydrogen) atoms. The second kappa shape index (κ2) is 8.61. The van der Waals surface area contributed by atoms with E-state index in [9.17, 15) is 4.79 Å². The average Bonchev–Trinajstić information content (AvgIpc) is 2.54. The molecule has 0 bridgehead atoms. The molecule has 0 saturated carbocycles. The number of rotatable bonds is 5. The standard InChI is InChI=1S/C16H22Cl2N2O2/c1-2-9-20(13-5-7-19-8-6-13)16(21)22-11-12-3-4-14(17)15(18)10-12/h3-4,10,13,19H,2,5-9,11H2,1H3. The van der Waals surface area contributed by atoms with Gasteiger partial charge in [-0.05, 0) is 50.0 Å². The van der Waals surface area contributed by atoms with Crippen molar-refractivity contribution in [2.75, 3.05) is 19.6 Å². The summed E-state index contributed by atoms with van der Waals surface area (Å²) in [7, 11) is 0. The molecular weight excluding hydrogens is 323 g/mol. The minimum atomic E-state index is -0.250. The van der Waals surface area contributed by atoms with E-state index in [1.165, 1.54) is 0 Å². The van der Waals surface area contributed by atoms with Crippen molar-refractivity contribution in [2.45, 2.75) is 38.8 Å². The van der Waals surface area contributed by atoms with Crippen molar-refractivity contribution >= 4 is 29.3 Å². The zero-order chi connectivity index (χ0) is 15.9. The quantitative estimate of drug-likeness (QED) is 0.874. The highest BCUT2D eigenvalue weighted by molar-refractivity contribution is 6.42. The molecule has 1 N–H and O–H groups in total. The van der Waals surface area contributed by atoms with Gasteiger partial charge in [-0.15, -0.1) is 0 Å². The fraction of sp³-hybridized carbons (Fsp3) is 0.562. The Morgan fingerprint density at radius 1 is 1.32 bits per heavy atom. The van der Waals surface area contributed by atoms with E-state index in [1.807, 2.05) is 11.0 Å². The third-order valence-corrected chi connectivity index (χ3v) is 4.53. The number of nitrogens with one attached hydrogen (secondary N) is 1. The maximum atomic E-state index is 12.4. The lowest BCUT2D eigenvalue weighted by atomic mass is 10.1. The van der Waals surface area contributed by atoms with E-state index in [0.29, 0.717) is 10.0 Å². The Kier molecular flexibility index (Phi) is 6.80. The molecule has 6 heteroatoms. The van der Waals surface area contributed by atoms with Crippen LogP contribution in [0.15, 0.2) is 18.2 Å². The number of carbonyl (C=O) groups is 1. The van der Waals surface area contributed by atoms with Crippen LogP contribution in [0.2, 0.25) is 10.0 Å². The molecule has 0 radical (unpaired) electrons. The summed E-state index contributed by atoms with van der Waals surface area (Å²) in [6, 6.07) is 5.52. The van der Waals surface area contributed by atoms with Crippen molar-refractivity contribution in [3.05, 3.63) is 33.8 Å². The van der Waals surface area contributed by atoms with Crippen LogP contribution in [0.3, 0.4) is 0 Å². The maximum absolute atomic E-state index is 12.4. The molecule has 1 aromatic carbocycles. The second-order valence-corrected chi connectivity index (χ2v) is 6.29. The number of amides is 1. The van der Waals surface area contributed by atoms with E-state index in [4.69, 9.17) is 27.9 Å². The summed E-state index contributed by atoms with van der Waals surface area (Å²) < 4.78 is 5.46. The summed E-state index contributed by atoms with van der Waals surface area (Å²) in [5.41, 5.74) is 0.838. The molecule has 122 valence electrons. The van der Waals surface area contributed by atoms with Gasteiger partial charge in [0.2, 0.25) is 0 Å². The first-order chi connectivity index (χ1) is 10.6. The molecule has 0 atom stereocenters. The van der Waals surface area contributed by atoms with Crippen LogP contribution in [0.5, 0.6) is 0 Å². The zero-order valence-corrected chi connectivity index (χ0v) is 14.3. The van der Waals surface area contributed by atoms with E-state index in [-0.39, 0.29) is 18.7 Å². The van der Waals surface area contributed by atoms with Crippen LogP contribution in [-0.2, 0) is 11.3 Å². The fourth-order valence-corrected chi connectivity index (χ4v) is 2.96. The lowest BCUT2D eigenvalue weighted by Crippen LogP contribution is -2.46. The molecule has 0 spiro atoms. The number of carbonyl (C=O) groups excluding carboxylic acids is 1. The van der Waals surface area contributed by atoms with Crippen molar-refractivity contribution in [3.63, 3.8) is 0 Å². The van der Waals surface area contributed by atoms with Crippen LogP contribution in [-0.4, -0.2) is 36.7 Å². The monoisotopic (exact) mass is 344 g/mol. The first-order valence-electron chi connectivity index (χ1n) is 7.70. The van der Waals surface area contributed by atoms with Gasteiger partial charge in [0.15, 0.2) is 0 Å². The maximum Gasteiger partial charge on any atom is 0.410 e. The van der Waals surface area contributed by atoms with Crippen molar-refractivity contribution < 1.29 is 9.53 Å². The highest BCUT2D eigenvalue weighted by Crippen LogP contribution is 2.23. The summed E-state index contributed by atoms with van der Waals surface area (Å²) in [6.07, 6.45) is 2.62. The first-order valence-corrected chi connectivity index (χ1v) is 8.45. The lowest BCUT2D eigenvalue weighted by molar-refractivity contribution is 0.0734. The molecule has 1 saturated heterocycles. The molecule has 0 aliphatic carbocycles. The minimum Gasteiger partial charge on any atom is -0.445 e. The van der Waals surface area contributed by atoms with Crippen molar-refractivity contribution in [3.8, 4) is 0 Å². The minimum absolute atomic E-state index is 0.209. The lowest BCUT2D eigenvalue weighted by Gasteiger charge is -2.33. The van der Waals surface area contributed by atoms with Crippen LogP contribution in [0.25, 0.3) is 0 Å². The van der Waals surface area contributed by atoms with Crippen molar-refractivity contribution in [1.82, 2.24) is 10.2 Å². The first kappa shape index (κ1) is 17.4. The van der Waals surface area contributed by atoms with E-state index in [0.717, 1.165) is 44.5 Å². The Bertz CT molecular complexity index is 505. The summed E-state index contributed by atoms with van der Waals surface area (Å²) in [4.78, 5) is 14.2. The SMILES string of the molecule is CCCN(C(=O)OCc1ccc(Cl)c(Cl)c1)C1CCNCC1. The number of halogens is 2. The van der Waals surface area contributed by atoms with E-state index in [1.54, 1.807) is 12.1 Å². The number of nitrogens with zero attached hydrogens (tertiary/aromatic N) is 1. The Balaban J connectivity index is 1.93. The molecular formula is C16H22Cl2N2O2. The summed E-state index contributed by atoms with van der Waals surface area (Å²) >= 11 is 11.9. The Hall–Kier alpha value is -0.970. The number of benzene rings is 1. The van der Waals surface area contributed by atoms with Gasteiger partial charge in [-0.2, -0.15) is 0 Å². The summed E-state index contributed by atoms with van der Waals surface area (Å²) in [6.45, 7) is 4.90. The predicted molar refractivity (Wildman–Crippen MR) is 89.5 cm³/mol. The van der Waals surface area contributed by atoms with Gasteiger partial charge < -0.3 is 15.0 Å². The normalized spacial score (nSPS) is 15.6. The second-order valence-electron chi connectivity index (χ2n) is 5.48. The van der Waals surface area contributed by atoms with E-state index >= 15 is 0 Å². The molecule has 1 aromatic rings. The molecule has 4 nitrogen and oxygen atoms in total. The third-order valence-electron chi connectivity index (χ3n) is 3.79. The molecule has 1 aliphatic rings. The number of piperidine rings is 1. The van der Waals surface area contributed by atoms with Gasteiger partial charge in [-0.1, -0.05) is 36.2 Å². The van der Waals surface area contributed by atoms with Gasteiger partial charge in [0.05, 0.1) is 10.0 Å². The smallest absolute Gasteiger partial charge is 0.410 e. The Labute approximate surface area is 141 Å². The largest absolute Gasteiger partial charge is 0.445 e. The van der Waals surface area contributed by atoms with Crippen molar-refractivity contribution in [2.24, 2.45) is 0 Å². The van der Waals surface area contributed by atoms with Gasteiger partial charge in [-0.25, -0.2) is 4.79 Å². The molecule has 1 amide bonds. The van der Waals surface area contributed by atoms with Crippen LogP contribution < -0.4 is 5.32 Å². The fourth-order valence-electron chi connectivity index (χ4n) is 2.64. The van der Waals surface area contributed by atoms with Crippen LogP contribution >= 0.6 is 23.2 Å². The van der Waals surface area contributed by atoms with Crippen LogP contribution in [0.1, 0.15) is 31.7 Å². The van der Waals surface area contributed by atoms with Gasteiger partial charge in [0, 0.05) is 12.6 Å². The van der Waals surface area contributed by atoms with Gasteiger partial charge in [0.1, 0.15) is 6.61 Å². The van der Waals surface area contributed by atoms with Crippen LogP contribution in [0.4, 0.5) is 4.79 Å². The van der Waals surface area contributed by atoms with Crippen molar-refractivity contribution in [1.29, 1.82) is 0 Å². The van der Waals surface area contributed by atoms with Gasteiger partial charge in [-0.3, -0.25) is 0 Å². The predicted octanol–water partition coefficient (Wildman–Crippen LogP) is 4.09. The Morgan fingerprint density at radius 3 is 2.68 bits per heavy atom. The molecule has 0 unspecified atom stereocenters. The summed E-state index contributed by atoms with van der Waals surface area (Å²) in [5, 5.41) is 4.28. The number of hydrogen-bond acceptors (Lipinski definition) is 3. The average molecular weight is 345 g/mol. The number of ether oxygens (including phenoxy) is 1. The highest BCUT2D eigenvalue weighted by Gasteiger charge is 2.25. The zero-order valence-electron chi connectivity index (χ0n) is 12.8. The van der Waals surface area contributed by atoms with Gasteiger partial charge in [0.25, 0.3) is 0 Å². The highest BCUT2D eigenvalue weighted by atomic mass is 35.5. The third kappa shape index (κ3) is 4.77.